The van der Waals surface area contributed by atoms with Gasteiger partial charge in [-0.2, -0.15) is 0 Å². The van der Waals surface area contributed by atoms with E-state index in [0.717, 1.165) is 3.79 Å². The van der Waals surface area contributed by atoms with Crippen molar-refractivity contribution in [2.45, 2.75) is 13.0 Å². The Bertz CT molecular complexity index is 477. The normalized spacial score (nSPS) is 19.3. The molecule has 2 amide bonds. The molecule has 0 bridgehead atoms. The molecule has 0 saturated carbocycles. The molecule has 104 valence electrons. The molecule has 2 heterocycles. The van der Waals surface area contributed by atoms with Crippen LogP contribution >= 0.6 is 27.3 Å². The minimum absolute atomic E-state index is 0.0755. The number of carbonyl (C=O) groups excluding carboxylic acids is 2. The van der Waals surface area contributed by atoms with Crippen molar-refractivity contribution >= 4 is 39.1 Å². The van der Waals surface area contributed by atoms with Crippen LogP contribution < -0.4 is 10.6 Å². The van der Waals surface area contributed by atoms with E-state index in [0.29, 0.717) is 31.1 Å². The van der Waals surface area contributed by atoms with E-state index in [-0.39, 0.29) is 11.8 Å². The Morgan fingerprint density at radius 3 is 3.00 bits per heavy atom. The van der Waals surface area contributed by atoms with Crippen LogP contribution in [0.1, 0.15) is 16.6 Å². The molecule has 1 aromatic heterocycles. The van der Waals surface area contributed by atoms with Crippen molar-refractivity contribution in [1.29, 1.82) is 0 Å². The van der Waals surface area contributed by atoms with Crippen molar-refractivity contribution in [1.82, 2.24) is 15.5 Å². The Balaban J connectivity index is 2.15. The van der Waals surface area contributed by atoms with Crippen LogP contribution in [0.3, 0.4) is 0 Å². The molecule has 0 aliphatic carbocycles. The lowest BCUT2D eigenvalue weighted by atomic mass is 10.1. The zero-order valence-electron chi connectivity index (χ0n) is 10.6. The second kappa shape index (κ2) is 6.49. The lowest BCUT2D eigenvalue weighted by molar-refractivity contribution is -0.126. The Labute approximate surface area is 124 Å². The quantitative estimate of drug-likeness (QED) is 0.861. The summed E-state index contributed by atoms with van der Waals surface area (Å²) in [7, 11) is 0. The molecule has 7 heteroatoms. The molecule has 5 nitrogen and oxygen atoms in total. The van der Waals surface area contributed by atoms with Crippen molar-refractivity contribution in [2.75, 3.05) is 26.2 Å². The summed E-state index contributed by atoms with van der Waals surface area (Å²) in [5.74, 6) is -0.174. The first kappa shape index (κ1) is 14.5. The SMILES string of the molecule is CCNC(=O)C1CNCCN1C(=O)c1ccc(Br)s1. The van der Waals surface area contributed by atoms with E-state index >= 15 is 0 Å². The fourth-order valence-corrected chi connectivity index (χ4v) is 3.39. The van der Waals surface area contributed by atoms with E-state index in [1.807, 2.05) is 13.0 Å². The minimum atomic E-state index is -0.429. The number of nitrogens with zero attached hydrogens (tertiary/aromatic N) is 1. The smallest absolute Gasteiger partial charge is 0.264 e. The van der Waals surface area contributed by atoms with Crippen LogP contribution in [0.25, 0.3) is 0 Å². The van der Waals surface area contributed by atoms with Gasteiger partial charge >= 0.3 is 0 Å². The van der Waals surface area contributed by atoms with E-state index in [1.54, 1.807) is 11.0 Å². The van der Waals surface area contributed by atoms with Crippen LogP contribution in [0.5, 0.6) is 0 Å². The maximum atomic E-state index is 12.4. The summed E-state index contributed by atoms with van der Waals surface area (Å²) in [4.78, 5) is 26.7. The van der Waals surface area contributed by atoms with Gasteiger partial charge in [0.05, 0.1) is 8.66 Å². The number of hydrogen-bond donors (Lipinski definition) is 2. The highest BCUT2D eigenvalue weighted by molar-refractivity contribution is 9.11. The summed E-state index contributed by atoms with van der Waals surface area (Å²) in [5.41, 5.74) is 0. The highest BCUT2D eigenvalue weighted by atomic mass is 79.9. The molecule has 1 fully saturated rings. The summed E-state index contributed by atoms with van der Waals surface area (Å²) >= 11 is 4.74. The summed E-state index contributed by atoms with van der Waals surface area (Å²) < 4.78 is 0.917. The first-order valence-corrected chi connectivity index (χ1v) is 7.79. The minimum Gasteiger partial charge on any atom is -0.355 e. The Morgan fingerprint density at radius 2 is 2.37 bits per heavy atom. The number of halogens is 1. The summed E-state index contributed by atoms with van der Waals surface area (Å²) in [5, 5.41) is 5.93. The highest BCUT2D eigenvalue weighted by Gasteiger charge is 2.32. The molecule has 1 aliphatic rings. The van der Waals surface area contributed by atoms with Crippen molar-refractivity contribution < 1.29 is 9.59 Å². The van der Waals surface area contributed by atoms with E-state index in [2.05, 4.69) is 26.6 Å². The zero-order chi connectivity index (χ0) is 13.8. The van der Waals surface area contributed by atoms with Crippen LogP contribution in [0.15, 0.2) is 15.9 Å². The predicted molar refractivity (Wildman–Crippen MR) is 78.4 cm³/mol. The number of piperazine rings is 1. The maximum absolute atomic E-state index is 12.4. The average Bonchev–Trinajstić information content (AvgIpc) is 2.85. The molecule has 0 aromatic carbocycles. The van der Waals surface area contributed by atoms with Gasteiger partial charge in [0.25, 0.3) is 5.91 Å². The van der Waals surface area contributed by atoms with Crippen molar-refractivity contribution in [2.24, 2.45) is 0 Å². The predicted octanol–water partition coefficient (Wildman–Crippen LogP) is 1.06. The van der Waals surface area contributed by atoms with Gasteiger partial charge in [-0.25, -0.2) is 0 Å². The number of likely N-dealkylation sites (N-methyl/N-ethyl adjacent to an activating group) is 1. The number of hydrogen-bond acceptors (Lipinski definition) is 4. The van der Waals surface area contributed by atoms with Gasteiger partial charge in [-0.3, -0.25) is 9.59 Å². The van der Waals surface area contributed by atoms with Gasteiger partial charge in [-0.1, -0.05) is 0 Å². The molecule has 2 N–H and O–H groups in total. The third-order valence-electron chi connectivity index (χ3n) is 2.94. The first-order chi connectivity index (χ1) is 9.13. The first-order valence-electron chi connectivity index (χ1n) is 6.18. The Kier molecular flexibility index (Phi) is 4.95. The Morgan fingerprint density at radius 1 is 1.58 bits per heavy atom. The molecule has 0 radical (unpaired) electrons. The van der Waals surface area contributed by atoms with Crippen LogP contribution in [0.2, 0.25) is 0 Å². The largest absolute Gasteiger partial charge is 0.355 e. The van der Waals surface area contributed by atoms with Crippen molar-refractivity contribution in [3.05, 3.63) is 20.8 Å². The van der Waals surface area contributed by atoms with Crippen LogP contribution in [-0.2, 0) is 4.79 Å². The number of thiophene rings is 1. The fraction of sp³-hybridized carbons (Fsp3) is 0.500. The average molecular weight is 346 g/mol. The van der Waals surface area contributed by atoms with Crippen molar-refractivity contribution in [3.8, 4) is 0 Å². The van der Waals surface area contributed by atoms with E-state index in [1.165, 1.54) is 11.3 Å². The summed E-state index contributed by atoms with van der Waals surface area (Å²) in [6.45, 7) is 4.22. The van der Waals surface area contributed by atoms with Crippen molar-refractivity contribution in [3.63, 3.8) is 0 Å². The molecule has 0 spiro atoms. The van der Waals surface area contributed by atoms with Gasteiger partial charge in [0.15, 0.2) is 0 Å². The standard InChI is InChI=1S/C12H16BrN3O2S/c1-2-15-11(17)8-7-14-5-6-16(8)12(18)9-3-4-10(13)19-9/h3-4,8,14H,2,5-7H2,1H3,(H,15,17). The van der Waals surface area contributed by atoms with Gasteiger partial charge in [-0.15, -0.1) is 11.3 Å². The van der Waals surface area contributed by atoms with Crippen LogP contribution in [-0.4, -0.2) is 48.9 Å². The Hall–Kier alpha value is -0.920. The van der Waals surface area contributed by atoms with Gasteiger partial charge < -0.3 is 15.5 Å². The van der Waals surface area contributed by atoms with Gasteiger partial charge in [0.2, 0.25) is 5.91 Å². The van der Waals surface area contributed by atoms with E-state index in [4.69, 9.17) is 0 Å². The van der Waals surface area contributed by atoms with E-state index in [9.17, 15) is 9.59 Å². The number of nitrogens with one attached hydrogen (secondary N) is 2. The van der Waals surface area contributed by atoms with Gasteiger partial charge in [0, 0.05) is 26.2 Å². The molecule has 1 atom stereocenters. The topological polar surface area (TPSA) is 61.4 Å². The lowest BCUT2D eigenvalue weighted by Gasteiger charge is -2.34. The summed E-state index contributed by atoms with van der Waals surface area (Å²) in [6, 6.07) is 3.21. The van der Waals surface area contributed by atoms with Crippen LogP contribution in [0, 0.1) is 0 Å². The number of rotatable bonds is 3. The molecule has 2 rings (SSSR count). The number of amides is 2. The van der Waals surface area contributed by atoms with E-state index < -0.39 is 6.04 Å². The van der Waals surface area contributed by atoms with Gasteiger partial charge in [-0.05, 0) is 35.0 Å². The molecule has 19 heavy (non-hydrogen) atoms. The molecule has 1 unspecified atom stereocenters. The monoisotopic (exact) mass is 345 g/mol. The fourth-order valence-electron chi connectivity index (χ4n) is 2.04. The third-order valence-corrected chi connectivity index (χ3v) is 4.55. The zero-order valence-corrected chi connectivity index (χ0v) is 13.0. The number of carbonyl (C=O) groups is 2. The molecule has 1 aromatic rings. The van der Waals surface area contributed by atoms with Crippen LogP contribution in [0.4, 0.5) is 0 Å². The molecule has 1 aliphatic heterocycles. The molecular formula is C12H16BrN3O2S. The maximum Gasteiger partial charge on any atom is 0.264 e. The highest BCUT2D eigenvalue weighted by Crippen LogP contribution is 2.24. The second-order valence-corrected chi connectivity index (χ2v) is 6.68. The third kappa shape index (κ3) is 3.34. The van der Waals surface area contributed by atoms with Gasteiger partial charge in [0.1, 0.15) is 6.04 Å². The summed E-state index contributed by atoms with van der Waals surface area (Å²) in [6.07, 6.45) is 0. The second-order valence-electron chi connectivity index (χ2n) is 4.22. The molecular weight excluding hydrogens is 330 g/mol. The lowest BCUT2D eigenvalue weighted by Crippen LogP contribution is -2.59. The molecule has 1 saturated heterocycles.